The highest BCUT2D eigenvalue weighted by Gasteiger charge is 2.54. The first kappa shape index (κ1) is 21.2. The molecule has 3 fully saturated rings. The molecule has 1 saturated carbocycles. The van der Waals surface area contributed by atoms with Crippen molar-refractivity contribution in [2.24, 2.45) is 17.8 Å². The number of aliphatic hydroxyl groups excluding tert-OH is 2. The molecule has 3 aliphatic rings. The van der Waals surface area contributed by atoms with Crippen LogP contribution in [0.4, 0.5) is 0 Å². The van der Waals surface area contributed by atoms with Gasteiger partial charge in [0.25, 0.3) is 0 Å². The van der Waals surface area contributed by atoms with Gasteiger partial charge in [-0.1, -0.05) is 13.5 Å². The summed E-state index contributed by atoms with van der Waals surface area (Å²) in [6, 6.07) is 0. The van der Waals surface area contributed by atoms with Gasteiger partial charge in [0.1, 0.15) is 24.4 Å². The highest BCUT2D eigenvalue weighted by Crippen LogP contribution is 2.43. The Morgan fingerprint density at radius 2 is 1.50 bits per heavy atom. The molecule has 28 heavy (non-hydrogen) atoms. The minimum Gasteiger partial charge on any atom is -0.459 e. The molecular weight excluding hydrogens is 368 g/mol. The fourth-order valence-electron chi connectivity index (χ4n) is 4.67. The highest BCUT2D eigenvalue weighted by molar-refractivity contribution is 5.90. The van der Waals surface area contributed by atoms with Crippen molar-refractivity contribution in [3.8, 4) is 0 Å². The van der Waals surface area contributed by atoms with Gasteiger partial charge in [-0.25, -0.2) is 4.79 Å². The van der Waals surface area contributed by atoms with Crippen LogP contribution in [0.2, 0.25) is 0 Å². The lowest BCUT2D eigenvalue weighted by atomic mass is 9.73. The summed E-state index contributed by atoms with van der Waals surface area (Å²) in [4.78, 5) is 24.1. The molecule has 0 radical (unpaired) electrons. The predicted octanol–water partition coefficient (Wildman–Crippen LogP) is 0.0597. The van der Waals surface area contributed by atoms with Crippen molar-refractivity contribution in [1.29, 1.82) is 0 Å². The number of aliphatic hydroxyl groups is 4. The Hall–Kier alpha value is -1.48. The molecule has 3 rings (SSSR count). The van der Waals surface area contributed by atoms with Gasteiger partial charge in [0.05, 0.1) is 17.1 Å². The van der Waals surface area contributed by atoms with Gasteiger partial charge in [-0.05, 0) is 39.5 Å². The third-order valence-corrected chi connectivity index (χ3v) is 6.88. The molecule has 0 bridgehead atoms. The van der Waals surface area contributed by atoms with Crippen molar-refractivity contribution in [3.05, 3.63) is 12.2 Å². The molecular formula is C20H30O8. The normalized spacial score (nSPS) is 50.1. The van der Waals surface area contributed by atoms with E-state index in [0.717, 1.165) is 0 Å². The van der Waals surface area contributed by atoms with Crippen LogP contribution in [0.15, 0.2) is 12.2 Å². The zero-order valence-corrected chi connectivity index (χ0v) is 16.5. The van der Waals surface area contributed by atoms with E-state index >= 15 is 0 Å². The van der Waals surface area contributed by atoms with E-state index in [9.17, 15) is 30.0 Å². The first-order valence-electron chi connectivity index (χ1n) is 9.78. The van der Waals surface area contributed by atoms with E-state index in [1.165, 1.54) is 13.8 Å². The summed E-state index contributed by atoms with van der Waals surface area (Å²) < 4.78 is 10.6. The number of esters is 2. The van der Waals surface area contributed by atoms with E-state index in [2.05, 4.69) is 6.58 Å². The summed E-state index contributed by atoms with van der Waals surface area (Å²) in [6.45, 7) is 8.33. The molecule has 8 heteroatoms. The molecule has 0 amide bonds. The van der Waals surface area contributed by atoms with E-state index < -0.39 is 65.3 Å². The maximum Gasteiger partial charge on any atom is 0.334 e. The first-order valence-corrected chi connectivity index (χ1v) is 9.78. The molecule has 9 atom stereocenters. The Bertz CT molecular complexity index is 667. The maximum atomic E-state index is 12.1. The van der Waals surface area contributed by atoms with Crippen molar-refractivity contribution in [2.75, 3.05) is 0 Å². The SMILES string of the molecule is C=C1C(=O)O[C@H]2C1CC[C@](C)(O)[C@H](O)[C@H]1OC(=O)[C@H](C)[C@H]1CC[C@](C)(O)[C@@H]2O. The maximum absolute atomic E-state index is 12.1. The monoisotopic (exact) mass is 398 g/mol. The first-order chi connectivity index (χ1) is 12.9. The second-order valence-corrected chi connectivity index (χ2v) is 9.04. The van der Waals surface area contributed by atoms with Crippen LogP contribution >= 0.6 is 0 Å². The smallest absolute Gasteiger partial charge is 0.334 e. The molecule has 1 aliphatic carbocycles. The van der Waals surface area contributed by atoms with Crippen LogP contribution < -0.4 is 0 Å². The molecule has 2 aliphatic heterocycles. The fourth-order valence-corrected chi connectivity index (χ4v) is 4.67. The van der Waals surface area contributed by atoms with Crippen molar-refractivity contribution in [1.82, 2.24) is 0 Å². The number of rotatable bonds is 0. The fraction of sp³-hybridized carbons (Fsp3) is 0.800. The summed E-state index contributed by atoms with van der Waals surface area (Å²) in [5.41, 5.74) is -3.01. The van der Waals surface area contributed by atoms with Crippen LogP contribution in [0.25, 0.3) is 0 Å². The minimum absolute atomic E-state index is 0.0645. The summed E-state index contributed by atoms with van der Waals surface area (Å²) in [5, 5.41) is 43.4. The van der Waals surface area contributed by atoms with Crippen LogP contribution in [0.5, 0.6) is 0 Å². The van der Waals surface area contributed by atoms with Gasteiger partial charge in [0, 0.05) is 17.4 Å². The second kappa shape index (κ2) is 7.09. The average molecular weight is 398 g/mol. The summed E-state index contributed by atoms with van der Waals surface area (Å²) in [7, 11) is 0. The predicted molar refractivity (Wildman–Crippen MR) is 96.8 cm³/mol. The Kier molecular flexibility index (Phi) is 5.38. The van der Waals surface area contributed by atoms with Gasteiger partial charge in [0.15, 0.2) is 0 Å². The van der Waals surface area contributed by atoms with Crippen molar-refractivity contribution < 1.29 is 39.5 Å². The van der Waals surface area contributed by atoms with Crippen LogP contribution in [0.3, 0.4) is 0 Å². The molecule has 0 aromatic rings. The topological polar surface area (TPSA) is 134 Å². The van der Waals surface area contributed by atoms with Crippen molar-refractivity contribution >= 4 is 11.9 Å². The van der Waals surface area contributed by atoms with Crippen LogP contribution in [0, 0.1) is 17.8 Å². The lowest BCUT2D eigenvalue weighted by molar-refractivity contribution is -0.168. The molecule has 8 nitrogen and oxygen atoms in total. The quantitative estimate of drug-likeness (QED) is 0.332. The summed E-state index contributed by atoms with van der Waals surface area (Å²) >= 11 is 0. The van der Waals surface area contributed by atoms with Gasteiger partial charge in [-0.15, -0.1) is 0 Å². The Labute approximate surface area is 164 Å². The zero-order chi connectivity index (χ0) is 21.0. The van der Waals surface area contributed by atoms with E-state index in [1.807, 2.05) is 0 Å². The van der Waals surface area contributed by atoms with E-state index in [-0.39, 0.29) is 31.3 Å². The number of ether oxygens (including phenoxy) is 2. The number of carbonyl (C=O) groups is 2. The lowest BCUT2D eigenvalue weighted by Crippen LogP contribution is -2.53. The molecule has 0 aromatic carbocycles. The van der Waals surface area contributed by atoms with E-state index in [0.29, 0.717) is 0 Å². The van der Waals surface area contributed by atoms with Crippen LogP contribution in [-0.2, 0) is 19.1 Å². The van der Waals surface area contributed by atoms with Gasteiger partial charge in [-0.2, -0.15) is 0 Å². The average Bonchev–Trinajstić information content (AvgIpc) is 3.06. The molecule has 0 aromatic heterocycles. The highest BCUT2D eigenvalue weighted by atomic mass is 16.6. The van der Waals surface area contributed by atoms with Gasteiger partial charge >= 0.3 is 11.9 Å². The second-order valence-electron chi connectivity index (χ2n) is 9.04. The Morgan fingerprint density at radius 1 is 0.964 bits per heavy atom. The summed E-state index contributed by atoms with van der Waals surface area (Å²) in [5.74, 6) is -2.64. The molecule has 4 N–H and O–H groups in total. The number of hydrogen-bond donors (Lipinski definition) is 4. The molecule has 2 saturated heterocycles. The molecule has 1 unspecified atom stereocenters. The lowest BCUT2D eigenvalue weighted by Gasteiger charge is -2.39. The van der Waals surface area contributed by atoms with Gasteiger partial charge in [-0.3, -0.25) is 4.79 Å². The number of carbonyl (C=O) groups excluding carboxylic acids is 2. The van der Waals surface area contributed by atoms with Gasteiger partial charge < -0.3 is 29.9 Å². The van der Waals surface area contributed by atoms with Crippen LogP contribution in [-0.4, -0.2) is 68.0 Å². The van der Waals surface area contributed by atoms with Crippen molar-refractivity contribution in [3.63, 3.8) is 0 Å². The molecule has 0 spiro atoms. The van der Waals surface area contributed by atoms with E-state index in [4.69, 9.17) is 9.47 Å². The number of fused-ring (bicyclic) bond motifs is 2. The van der Waals surface area contributed by atoms with Crippen LogP contribution in [0.1, 0.15) is 46.5 Å². The number of hydrogen-bond acceptors (Lipinski definition) is 8. The zero-order valence-electron chi connectivity index (χ0n) is 16.5. The van der Waals surface area contributed by atoms with Crippen molar-refractivity contribution in [2.45, 2.75) is 82.1 Å². The largest absolute Gasteiger partial charge is 0.459 e. The third-order valence-electron chi connectivity index (χ3n) is 6.88. The van der Waals surface area contributed by atoms with Gasteiger partial charge in [0.2, 0.25) is 0 Å². The molecule has 2 heterocycles. The van der Waals surface area contributed by atoms with E-state index in [1.54, 1.807) is 6.92 Å². The Balaban J connectivity index is 1.96. The standard InChI is InChI=1S/C20H30O8/c1-9-11-5-7-19(3,25)16(22)14-12(10(2)18(24)28-14)6-8-20(4,26)15(21)13(11)27-17(9)23/h10-16,21-22,25-26H,1,5-8H2,2-4H3/t10-,11?,12-,13+,14+,15-,16-,19+,20+/m1/s1. The minimum atomic E-state index is -1.59. The Morgan fingerprint density at radius 3 is 2.11 bits per heavy atom. The molecule has 158 valence electrons. The third kappa shape index (κ3) is 3.47. The summed E-state index contributed by atoms with van der Waals surface area (Å²) in [6.07, 6.45) is -3.95.